The van der Waals surface area contributed by atoms with Crippen molar-refractivity contribution in [1.82, 2.24) is 29.4 Å². The monoisotopic (exact) mass is 346 g/mol. The van der Waals surface area contributed by atoms with Gasteiger partial charge in [-0.1, -0.05) is 6.92 Å². The van der Waals surface area contributed by atoms with Gasteiger partial charge in [0.1, 0.15) is 5.82 Å². The van der Waals surface area contributed by atoms with Gasteiger partial charge in [0.15, 0.2) is 0 Å². The van der Waals surface area contributed by atoms with E-state index in [-0.39, 0.29) is 17.5 Å². The van der Waals surface area contributed by atoms with E-state index in [4.69, 9.17) is 0 Å². The predicted octanol–water partition coefficient (Wildman–Crippen LogP) is 0.336. The first kappa shape index (κ1) is 17.4. The summed E-state index contributed by atoms with van der Waals surface area (Å²) < 4.78 is 4.91. The van der Waals surface area contributed by atoms with Crippen molar-refractivity contribution in [3.05, 3.63) is 33.3 Å². The van der Waals surface area contributed by atoms with Gasteiger partial charge in [0, 0.05) is 32.3 Å². The van der Waals surface area contributed by atoms with Gasteiger partial charge < -0.3 is 5.32 Å². The number of amides is 1. The molecule has 0 saturated heterocycles. The van der Waals surface area contributed by atoms with Gasteiger partial charge >= 0.3 is 5.69 Å². The maximum Gasteiger partial charge on any atom is 0.345 e. The molecule has 136 valence electrons. The fourth-order valence-electron chi connectivity index (χ4n) is 3.65. The van der Waals surface area contributed by atoms with Crippen LogP contribution in [-0.4, -0.2) is 36.6 Å². The molecule has 0 fully saturated rings. The van der Waals surface area contributed by atoms with Crippen molar-refractivity contribution in [2.45, 2.75) is 53.1 Å². The number of hydrogen-bond donors (Lipinski definition) is 1. The zero-order valence-corrected chi connectivity index (χ0v) is 15.4. The maximum atomic E-state index is 12.4. The van der Waals surface area contributed by atoms with Crippen molar-refractivity contribution in [2.24, 2.45) is 13.0 Å². The summed E-state index contributed by atoms with van der Waals surface area (Å²) in [5.41, 5.74) is 3.35. The molecule has 2 aromatic rings. The van der Waals surface area contributed by atoms with E-state index in [9.17, 15) is 9.59 Å². The second-order valence-electron chi connectivity index (χ2n) is 6.69. The Balaban J connectivity index is 1.57. The molecular weight excluding hydrogens is 320 g/mol. The van der Waals surface area contributed by atoms with Crippen LogP contribution in [0.1, 0.15) is 36.1 Å². The lowest BCUT2D eigenvalue weighted by molar-refractivity contribution is -0.126. The Morgan fingerprint density at radius 1 is 1.32 bits per heavy atom. The summed E-state index contributed by atoms with van der Waals surface area (Å²) in [5.74, 6) is 0.589. The van der Waals surface area contributed by atoms with Crippen LogP contribution in [0.25, 0.3) is 0 Å². The fourth-order valence-corrected chi connectivity index (χ4v) is 3.65. The van der Waals surface area contributed by atoms with Gasteiger partial charge in [-0.2, -0.15) is 10.2 Å². The predicted molar refractivity (Wildman–Crippen MR) is 93.4 cm³/mol. The number of carbonyl (C=O) groups is 1. The third kappa shape index (κ3) is 3.25. The summed E-state index contributed by atoms with van der Waals surface area (Å²) in [6, 6.07) is 0. The number of fused-ring (bicyclic) bond motifs is 1. The van der Waals surface area contributed by atoms with E-state index in [1.165, 1.54) is 15.9 Å². The largest absolute Gasteiger partial charge is 0.354 e. The maximum absolute atomic E-state index is 12.4. The zero-order valence-electron chi connectivity index (χ0n) is 15.4. The second kappa shape index (κ2) is 6.85. The summed E-state index contributed by atoms with van der Waals surface area (Å²) in [6.45, 7) is 7.82. The van der Waals surface area contributed by atoms with Gasteiger partial charge in [-0.3, -0.25) is 14.0 Å². The lowest BCUT2D eigenvalue weighted by atomic mass is 9.98. The van der Waals surface area contributed by atoms with E-state index < -0.39 is 0 Å². The minimum Gasteiger partial charge on any atom is -0.354 e. The van der Waals surface area contributed by atoms with E-state index in [0.29, 0.717) is 26.1 Å². The molecule has 1 amide bonds. The number of aryl methyl sites for hydroxylation is 3. The summed E-state index contributed by atoms with van der Waals surface area (Å²) in [5, 5.41) is 11.7. The Morgan fingerprint density at radius 2 is 2.08 bits per heavy atom. The second-order valence-corrected chi connectivity index (χ2v) is 6.69. The molecule has 0 saturated carbocycles. The molecule has 0 radical (unpaired) electrons. The van der Waals surface area contributed by atoms with Crippen molar-refractivity contribution in [3.63, 3.8) is 0 Å². The minimum atomic E-state index is -0.180. The van der Waals surface area contributed by atoms with Crippen LogP contribution in [-0.2, 0) is 37.8 Å². The van der Waals surface area contributed by atoms with E-state index in [1.54, 1.807) is 11.6 Å². The summed E-state index contributed by atoms with van der Waals surface area (Å²) in [6.07, 6.45) is 2.35. The van der Waals surface area contributed by atoms with Crippen LogP contribution in [0.15, 0.2) is 4.79 Å². The quantitative estimate of drug-likeness (QED) is 0.846. The highest BCUT2D eigenvalue weighted by Crippen LogP contribution is 2.17. The highest BCUT2D eigenvalue weighted by molar-refractivity contribution is 5.78. The molecule has 1 aliphatic rings. The summed E-state index contributed by atoms with van der Waals surface area (Å²) in [7, 11) is 1.64. The van der Waals surface area contributed by atoms with E-state index >= 15 is 0 Å². The Morgan fingerprint density at radius 3 is 2.76 bits per heavy atom. The molecule has 25 heavy (non-hydrogen) atoms. The first-order valence-electron chi connectivity index (χ1n) is 8.85. The molecule has 8 heteroatoms. The van der Waals surface area contributed by atoms with E-state index in [2.05, 4.69) is 29.4 Å². The van der Waals surface area contributed by atoms with Gasteiger partial charge in [-0.15, -0.1) is 0 Å². The van der Waals surface area contributed by atoms with Crippen molar-refractivity contribution < 1.29 is 4.79 Å². The average Bonchev–Trinajstić information content (AvgIpc) is 3.03. The SMILES string of the molecule is CCc1c(C)nn(CCNC(=O)[C@H]2CCc3nn(C)c(=O)n3C2)c1C. The van der Waals surface area contributed by atoms with Crippen LogP contribution in [0.5, 0.6) is 0 Å². The molecule has 1 N–H and O–H groups in total. The molecule has 3 heterocycles. The minimum absolute atomic E-state index is 0.00125. The molecule has 0 aliphatic carbocycles. The topological polar surface area (TPSA) is 86.7 Å². The number of nitrogens with one attached hydrogen (secondary N) is 1. The summed E-state index contributed by atoms with van der Waals surface area (Å²) >= 11 is 0. The summed E-state index contributed by atoms with van der Waals surface area (Å²) in [4.78, 5) is 24.4. The van der Waals surface area contributed by atoms with Crippen LogP contribution >= 0.6 is 0 Å². The Hall–Kier alpha value is -2.38. The molecule has 0 unspecified atom stereocenters. The number of nitrogens with zero attached hydrogens (tertiary/aromatic N) is 5. The highest BCUT2D eigenvalue weighted by atomic mass is 16.2. The Labute approximate surface area is 146 Å². The fraction of sp³-hybridized carbons (Fsp3) is 0.647. The standard InChI is InChI=1S/C17H26N6O2/c1-5-14-11(2)19-23(12(14)3)9-8-18-16(24)13-6-7-15-20-21(4)17(25)22(15)10-13/h13H,5-10H2,1-4H3,(H,18,24)/t13-/m0/s1. The molecular formula is C17H26N6O2. The van der Waals surface area contributed by atoms with Gasteiger partial charge in [0.25, 0.3) is 0 Å². The van der Waals surface area contributed by atoms with Crippen LogP contribution in [0.3, 0.4) is 0 Å². The molecule has 8 nitrogen and oxygen atoms in total. The lowest BCUT2D eigenvalue weighted by Gasteiger charge is -2.21. The smallest absolute Gasteiger partial charge is 0.345 e. The van der Waals surface area contributed by atoms with E-state index in [0.717, 1.165) is 24.4 Å². The van der Waals surface area contributed by atoms with Gasteiger partial charge in [0.2, 0.25) is 5.91 Å². The molecule has 0 aromatic carbocycles. The zero-order chi connectivity index (χ0) is 18.1. The van der Waals surface area contributed by atoms with Gasteiger partial charge in [-0.05, 0) is 32.3 Å². The molecule has 0 bridgehead atoms. The normalized spacial score (nSPS) is 16.7. The third-order valence-electron chi connectivity index (χ3n) is 5.08. The van der Waals surface area contributed by atoms with Crippen LogP contribution < -0.4 is 11.0 Å². The number of rotatable bonds is 5. The van der Waals surface area contributed by atoms with Crippen LogP contribution in [0, 0.1) is 19.8 Å². The molecule has 3 rings (SSSR count). The Kier molecular flexibility index (Phi) is 4.78. The van der Waals surface area contributed by atoms with Crippen molar-refractivity contribution in [3.8, 4) is 0 Å². The molecule has 1 atom stereocenters. The van der Waals surface area contributed by atoms with Crippen molar-refractivity contribution >= 4 is 5.91 Å². The Bertz CT molecular complexity index is 844. The average molecular weight is 346 g/mol. The third-order valence-corrected chi connectivity index (χ3v) is 5.08. The first-order chi connectivity index (χ1) is 11.9. The number of hydrogen-bond acceptors (Lipinski definition) is 4. The van der Waals surface area contributed by atoms with Crippen molar-refractivity contribution in [1.29, 1.82) is 0 Å². The van der Waals surface area contributed by atoms with Crippen LogP contribution in [0.2, 0.25) is 0 Å². The lowest BCUT2D eigenvalue weighted by Crippen LogP contribution is -2.39. The van der Waals surface area contributed by atoms with Gasteiger partial charge in [-0.25, -0.2) is 9.48 Å². The highest BCUT2D eigenvalue weighted by Gasteiger charge is 2.27. The molecule has 2 aromatic heterocycles. The van der Waals surface area contributed by atoms with Gasteiger partial charge in [0.05, 0.1) is 18.2 Å². The van der Waals surface area contributed by atoms with Crippen molar-refractivity contribution in [2.75, 3.05) is 6.54 Å². The molecule has 1 aliphatic heterocycles. The van der Waals surface area contributed by atoms with Crippen LogP contribution in [0.4, 0.5) is 0 Å². The van der Waals surface area contributed by atoms with E-state index in [1.807, 2.05) is 11.6 Å². The number of aromatic nitrogens is 5. The molecule has 0 spiro atoms. The first-order valence-corrected chi connectivity index (χ1v) is 8.85. The number of carbonyl (C=O) groups excluding carboxylic acids is 1.